The van der Waals surface area contributed by atoms with Crippen molar-refractivity contribution >= 4 is 5.97 Å². The summed E-state index contributed by atoms with van der Waals surface area (Å²) >= 11 is 0. The Morgan fingerprint density at radius 1 is 1.48 bits per heavy atom. The van der Waals surface area contributed by atoms with Gasteiger partial charge >= 0.3 is 5.97 Å². The third-order valence-electron chi connectivity index (χ3n) is 3.85. The number of aryl methyl sites for hydroxylation is 1. The van der Waals surface area contributed by atoms with Crippen LogP contribution in [0.5, 0.6) is 0 Å². The summed E-state index contributed by atoms with van der Waals surface area (Å²) in [7, 11) is 0. The summed E-state index contributed by atoms with van der Waals surface area (Å²) in [5.74, 6) is -0.803. The van der Waals surface area contributed by atoms with E-state index in [9.17, 15) is 9.18 Å². The maximum Gasteiger partial charge on any atom is 0.341 e. The molecule has 1 aromatic carbocycles. The van der Waals surface area contributed by atoms with Gasteiger partial charge in [0.1, 0.15) is 17.1 Å². The number of aromatic nitrogens is 2. The highest BCUT2D eigenvalue weighted by Gasteiger charge is 2.22. The molecule has 5 nitrogen and oxygen atoms in total. The van der Waals surface area contributed by atoms with Gasteiger partial charge in [0.25, 0.3) is 0 Å². The topological polar surface area (TPSA) is 56.1 Å². The van der Waals surface area contributed by atoms with Crippen LogP contribution in [0.3, 0.4) is 0 Å². The van der Waals surface area contributed by atoms with Crippen molar-refractivity contribution in [3.63, 3.8) is 0 Å². The molecule has 0 radical (unpaired) electrons. The molecule has 0 amide bonds. The van der Waals surface area contributed by atoms with Crippen LogP contribution in [0.4, 0.5) is 4.39 Å². The molecule has 1 N–H and O–H groups in total. The SMILES string of the molecule is CCOC(=O)c1cn(-c2c(F)cccc2CNC2CC2)nc1C. The van der Waals surface area contributed by atoms with Crippen molar-refractivity contribution in [1.82, 2.24) is 15.1 Å². The molecule has 1 aromatic heterocycles. The van der Waals surface area contributed by atoms with E-state index in [2.05, 4.69) is 10.4 Å². The van der Waals surface area contributed by atoms with E-state index >= 15 is 0 Å². The van der Waals surface area contributed by atoms with Gasteiger partial charge in [-0.15, -0.1) is 0 Å². The van der Waals surface area contributed by atoms with Crippen LogP contribution in [0.1, 0.15) is 41.4 Å². The van der Waals surface area contributed by atoms with Gasteiger partial charge in [-0.3, -0.25) is 0 Å². The first-order valence-corrected chi connectivity index (χ1v) is 7.84. The molecule has 3 rings (SSSR count). The highest BCUT2D eigenvalue weighted by molar-refractivity contribution is 5.90. The molecule has 1 saturated carbocycles. The molecule has 1 fully saturated rings. The number of benzene rings is 1. The summed E-state index contributed by atoms with van der Waals surface area (Å²) in [4.78, 5) is 11.9. The number of carbonyl (C=O) groups is 1. The fourth-order valence-electron chi connectivity index (χ4n) is 2.48. The van der Waals surface area contributed by atoms with Gasteiger partial charge in [0, 0.05) is 18.8 Å². The van der Waals surface area contributed by atoms with Gasteiger partial charge in [0.15, 0.2) is 0 Å². The summed E-state index contributed by atoms with van der Waals surface area (Å²) in [5.41, 5.74) is 2.07. The van der Waals surface area contributed by atoms with Gasteiger partial charge in [-0.2, -0.15) is 5.10 Å². The lowest BCUT2D eigenvalue weighted by molar-refractivity contribution is 0.0525. The van der Waals surface area contributed by atoms with Gasteiger partial charge in [-0.05, 0) is 38.3 Å². The summed E-state index contributed by atoms with van der Waals surface area (Å²) < 4.78 is 20.8. The van der Waals surface area contributed by atoms with Crippen LogP contribution < -0.4 is 5.32 Å². The van der Waals surface area contributed by atoms with E-state index in [0.29, 0.717) is 36.1 Å². The van der Waals surface area contributed by atoms with Crippen LogP contribution >= 0.6 is 0 Å². The average molecular weight is 317 g/mol. The molecule has 1 aliphatic carbocycles. The van der Waals surface area contributed by atoms with Crippen LogP contribution in [0.15, 0.2) is 24.4 Å². The predicted octanol–water partition coefficient (Wildman–Crippen LogP) is 2.75. The number of para-hydroxylation sites is 1. The Bertz CT molecular complexity index is 723. The number of hydrogen-bond donors (Lipinski definition) is 1. The van der Waals surface area contributed by atoms with Gasteiger partial charge in [0.2, 0.25) is 0 Å². The fourth-order valence-corrected chi connectivity index (χ4v) is 2.48. The first kappa shape index (κ1) is 15.7. The second-order valence-electron chi connectivity index (χ2n) is 5.70. The molecule has 0 saturated heterocycles. The average Bonchev–Trinajstić information content (AvgIpc) is 3.27. The molecule has 0 unspecified atom stereocenters. The Hall–Kier alpha value is -2.21. The van der Waals surface area contributed by atoms with Crippen molar-refractivity contribution in [2.45, 2.75) is 39.3 Å². The minimum Gasteiger partial charge on any atom is -0.462 e. The first-order chi connectivity index (χ1) is 11.1. The van der Waals surface area contributed by atoms with E-state index in [1.54, 1.807) is 19.9 Å². The summed E-state index contributed by atoms with van der Waals surface area (Å²) in [5, 5.41) is 7.67. The number of hydrogen-bond acceptors (Lipinski definition) is 4. The lowest BCUT2D eigenvalue weighted by atomic mass is 10.1. The van der Waals surface area contributed by atoms with Gasteiger partial charge < -0.3 is 10.1 Å². The minimum absolute atomic E-state index is 0.291. The molecule has 0 aliphatic heterocycles. The number of nitrogens with zero attached hydrogens (tertiary/aromatic N) is 2. The number of halogens is 1. The van der Waals surface area contributed by atoms with E-state index in [-0.39, 0.29) is 5.82 Å². The lowest BCUT2D eigenvalue weighted by Crippen LogP contribution is -2.17. The number of ether oxygens (including phenoxy) is 1. The van der Waals surface area contributed by atoms with Crippen LogP contribution in [-0.4, -0.2) is 28.4 Å². The Morgan fingerprint density at radius 3 is 2.96 bits per heavy atom. The Kier molecular flexibility index (Phi) is 4.43. The minimum atomic E-state index is -0.440. The smallest absolute Gasteiger partial charge is 0.341 e. The number of nitrogens with one attached hydrogen (secondary N) is 1. The molecule has 1 heterocycles. The summed E-state index contributed by atoms with van der Waals surface area (Å²) in [6, 6.07) is 5.48. The van der Waals surface area contributed by atoms with E-state index in [1.807, 2.05) is 6.07 Å². The quantitative estimate of drug-likeness (QED) is 0.832. The second kappa shape index (κ2) is 6.50. The highest BCUT2D eigenvalue weighted by Crippen LogP contribution is 2.23. The molecule has 122 valence electrons. The molecule has 0 atom stereocenters. The Labute approximate surface area is 134 Å². The maximum absolute atomic E-state index is 14.4. The molecule has 6 heteroatoms. The highest BCUT2D eigenvalue weighted by atomic mass is 19.1. The van der Waals surface area contributed by atoms with Gasteiger partial charge in [0.05, 0.1) is 12.3 Å². The van der Waals surface area contributed by atoms with Crippen molar-refractivity contribution in [3.05, 3.63) is 47.0 Å². The number of rotatable bonds is 6. The van der Waals surface area contributed by atoms with Crippen molar-refractivity contribution in [2.24, 2.45) is 0 Å². The normalized spacial score (nSPS) is 14.0. The van der Waals surface area contributed by atoms with Crippen LogP contribution in [0, 0.1) is 12.7 Å². The molecular weight excluding hydrogens is 297 g/mol. The number of esters is 1. The standard InChI is InChI=1S/C17H20FN3O2/c1-3-23-17(22)14-10-21(20-11(14)2)16-12(5-4-6-15(16)18)9-19-13-7-8-13/h4-6,10,13,19H,3,7-9H2,1-2H3. The zero-order chi connectivity index (χ0) is 16.4. The van der Waals surface area contributed by atoms with E-state index in [4.69, 9.17) is 4.74 Å². The Balaban J connectivity index is 1.94. The summed E-state index contributed by atoms with van der Waals surface area (Å²) in [6.07, 6.45) is 3.86. The third kappa shape index (κ3) is 3.42. The summed E-state index contributed by atoms with van der Waals surface area (Å²) in [6.45, 7) is 4.33. The fraction of sp³-hybridized carbons (Fsp3) is 0.412. The van der Waals surface area contributed by atoms with E-state index in [1.165, 1.54) is 29.8 Å². The Morgan fingerprint density at radius 2 is 2.26 bits per heavy atom. The van der Waals surface area contributed by atoms with Crippen molar-refractivity contribution < 1.29 is 13.9 Å². The van der Waals surface area contributed by atoms with Crippen LogP contribution in [0.2, 0.25) is 0 Å². The molecule has 23 heavy (non-hydrogen) atoms. The van der Waals surface area contributed by atoms with E-state index in [0.717, 1.165) is 5.56 Å². The van der Waals surface area contributed by atoms with Crippen LogP contribution in [0.25, 0.3) is 5.69 Å². The predicted molar refractivity (Wildman–Crippen MR) is 84.1 cm³/mol. The zero-order valence-corrected chi connectivity index (χ0v) is 13.3. The third-order valence-corrected chi connectivity index (χ3v) is 3.85. The van der Waals surface area contributed by atoms with Gasteiger partial charge in [-0.25, -0.2) is 13.9 Å². The van der Waals surface area contributed by atoms with Crippen molar-refractivity contribution in [1.29, 1.82) is 0 Å². The van der Waals surface area contributed by atoms with Crippen molar-refractivity contribution in [3.8, 4) is 5.69 Å². The molecule has 2 aromatic rings. The number of carbonyl (C=O) groups excluding carboxylic acids is 1. The lowest BCUT2D eigenvalue weighted by Gasteiger charge is -2.11. The molecule has 0 spiro atoms. The molecular formula is C17H20FN3O2. The largest absolute Gasteiger partial charge is 0.462 e. The zero-order valence-electron chi connectivity index (χ0n) is 13.3. The molecule has 1 aliphatic rings. The molecule has 0 bridgehead atoms. The van der Waals surface area contributed by atoms with E-state index < -0.39 is 5.97 Å². The monoisotopic (exact) mass is 317 g/mol. The van der Waals surface area contributed by atoms with Crippen LogP contribution in [-0.2, 0) is 11.3 Å². The second-order valence-corrected chi connectivity index (χ2v) is 5.70. The maximum atomic E-state index is 14.4. The van der Waals surface area contributed by atoms with Gasteiger partial charge in [-0.1, -0.05) is 12.1 Å². The first-order valence-electron chi connectivity index (χ1n) is 7.84. The van der Waals surface area contributed by atoms with Crippen molar-refractivity contribution in [2.75, 3.05) is 6.61 Å².